The van der Waals surface area contributed by atoms with E-state index in [-0.39, 0.29) is 17.9 Å². The molecule has 0 spiro atoms. The van der Waals surface area contributed by atoms with E-state index in [2.05, 4.69) is 5.32 Å². The summed E-state index contributed by atoms with van der Waals surface area (Å²) in [5.41, 5.74) is 0.609. The number of carboxylic acid groups (broad SMARTS) is 1. The van der Waals surface area contributed by atoms with Crippen molar-refractivity contribution in [2.45, 2.75) is 62.8 Å². The molecule has 136 valence electrons. The summed E-state index contributed by atoms with van der Waals surface area (Å²) in [5, 5.41) is 12.3. The Hall–Kier alpha value is -2.04. The molecule has 1 amide bonds. The van der Waals surface area contributed by atoms with Crippen molar-refractivity contribution in [3.8, 4) is 5.75 Å². The number of hydrogen-bond acceptors (Lipinski definition) is 3. The summed E-state index contributed by atoms with van der Waals surface area (Å²) < 4.78 is 5.23. The first-order valence-corrected chi connectivity index (χ1v) is 9.23. The fraction of sp³-hybridized carbons (Fsp3) is 0.600. The number of rotatable bonds is 5. The molecule has 0 heterocycles. The largest absolute Gasteiger partial charge is 0.497 e. The van der Waals surface area contributed by atoms with Gasteiger partial charge in [-0.25, -0.2) is 0 Å². The van der Waals surface area contributed by atoms with Gasteiger partial charge in [-0.2, -0.15) is 0 Å². The third-order valence-corrected chi connectivity index (χ3v) is 5.95. The lowest BCUT2D eigenvalue weighted by atomic mass is 9.77. The van der Waals surface area contributed by atoms with Crippen LogP contribution in [-0.2, 0) is 15.0 Å². The highest BCUT2D eigenvalue weighted by Crippen LogP contribution is 2.42. The van der Waals surface area contributed by atoms with Gasteiger partial charge in [0.25, 0.3) is 0 Å². The third kappa shape index (κ3) is 3.65. The van der Waals surface area contributed by atoms with Gasteiger partial charge in [0, 0.05) is 6.04 Å². The summed E-state index contributed by atoms with van der Waals surface area (Å²) in [6, 6.07) is 7.94. The normalized spacial score (nSPS) is 25.3. The predicted octanol–water partition coefficient (Wildman–Crippen LogP) is 3.27. The average Bonchev–Trinajstić information content (AvgIpc) is 3.13. The van der Waals surface area contributed by atoms with Gasteiger partial charge in [-0.15, -0.1) is 0 Å². The molecule has 0 aromatic heterocycles. The molecular formula is C20H27NO4. The summed E-state index contributed by atoms with van der Waals surface area (Å²) in [6.07, 6.45) is 6.66. The second-order valence-corrected chi connectivity index (χ2v) is 7.38. The zero-order valence-electron chi connectivity index (χ0n) is 14.8. The lowest BCUT2D eigenvalue weighted by molar-refractivity contribution is -0.142. The quantitative estimate of drug-likeness (QED) is 0.859. The van der Waals surface area contributed by atoms with E-state index in [0.29, 0.717) is 12.8 Å². The van der Waals surface area contributed by atoms with Crippen molar-refractivity contribution in [1.82, 2.24) is 5.32 Å². The summed E-state index contributed by atoms with van der Waals surface area (Å²) in [5.74, 6) is -0.0660. The number of benzene rings is 1. The highest BCUT2D eigenvalue weighted by Gasteiger charge is 2.43. The number of carboxylic acids is 1. The van der Waals surface area contributed by atoms with E-state index in [1.165, 1.54) is 0 Å². The highest BCUT2D eigenvalue weighted by atomic mass is 16.5. The van der Waals surface area contributed by atoms with Gasteiger partial charge in [0.1, 0.15) is 5.75 Å². The molecule has 2 aliphatic rings. The van der Waals surface area contributed by atoms with E-state index in [9.17, 15) is 9.59 Å². The fourth-order valence-corrected chi connectivity index (χ4v) is 4.34. The van der Waals surface area contributed by atoms with E-state index in [1.54, 1.807) is 7.11 Å². The maximum absolute atomic E-state index is 13.1. The summed E-state index contributed by atoms with van der Waals surface area (Å²) in [7, 11) is 1.64. The minimum Gasteiger partial charge on any atom is -0.497 e. The number of amides is 1. The predicted molar refractivity (Wildman–Crippen MR) is 94.7 cm³/mol. The molecule has 2 aliphatic carbocycles. The molecule has 5 heteroatoms. The van der Waals surface area contributed by atoms with E-state index < -0.39 is 11.4 Å². The van der Waals surface area contributed by atoms with Crippen LogP contribution in [0.2, 0.25) is 0 Å². The van der Waals surface area contributed by atoms with Crippen LogP contribution >= 0.6 is 0 Å². The first kappa shape index (κ1) is 17.8. The van der Waals surface area contributed by atoms with Crippen molar-refractivity contribution in [3.63, 3.8) is 0 Å². The van der Waals surface area contributed by atoms with Crippen LogP contribution in [0.4, 0.5) is 0 Å². The van der Waals surface area contributed by atoms with Crippen molar-refractivity contribution in [3.05, 3.63) is 29.8 Å². The highest BCUT2D eigenvalue weighted by molar-refractivity contribution is 5.89. The lowest BCUT2D eigenvalue weighted by Crippen LogP contribution is -2.48. The van der Waals surface area contributed by atoms with Crippen molar-refractivity contribution in [2.75, 3.05) is 7.11 Å². The molecule has 5 nitrogen and oxygen atoms in total. The van der Waals surface area contributed by atoms with Gasteiger partial charge in [-0.05, 0) is 56.2 Å². The Bertz CT molecular complexity index is 611. The SMILES string of the molecule is COc1ccc(C2(C(=O)NC3CCC(C(=O)O)CC3)CCCC2)cc1. The Morgan fingerprint density at radius 2 is 1.68 bits per heavy atom. The molecule has 0 aliphatic heterocycles. The van der Waals surface area contributed by atoms with Crippen LogP contribution in [0.25, 0.3) is 0 Å². The second-order valence-electron chi connectivity index (χ2n) is 7.38. The molecule has 0 saturated heterocycles. The van der Waals surface area contributed by atoms with Crippen LogP contribution in [0.3, 0.4) is 0 Å². The van der Waals surface area contributed by atoms with E-state index >= 15 is 0 Å². The number of nitrogens with one attached hydrogen (secondary N) is 1. The van der Waals surface area contributed by atoms with Gasteiger partial charge in [0.15, 0.2) is 0 Å². The number of aliphatic carboxylic acids is 1. The molecule has 2 saturated carbocycles. The zero-order chi connectivity index (χ0) is 17.9. The number of hydrogen-bond donors (Lipinski definition) is 2. The first-order valence-electron chi connectivity index (χ1n) is 9.23. The number of methoxy groups -OCH3 is 1. The average molecular weight is 345 g/mol. The Kier molecular flexibility index (Phi) is 5.30. The molecule has 0 radical (unpaired) electrons. The molecule has 0 atom stereocenters. The fourth-order valence-electron chi connectivity index (χ4n) is 4.34. The minimum atomic E-state index is -0.713. The third-order valence-electron chi connectivity index (χ3n) is 5.95. The molecular weight excluding hydrogens is 318 g/mol. The van der Waals surface area contributed by atoms with Crippen LogP contribution in [-0.4, -0.2) is 30.1 Å². The minimum absolute atomic E-state index is 0.0961. The van der Waals surface area contributed by atoms with Crippen LogP contribution in [0.5, 0.6) is 5.75 Å². The Balaban J connectivity index is 1.70. The van der Waals surface area contributed by atoms with Crippen molar-refractivity contribution in [2.24, 2.45) is 5.92 Å². The Morgan fingerprint density at radius 1 is 1.08 bits per heavy atom. The van der Waals surface area contributed by atoms with E-state index in [1.807, 2.05) is 24.3 Å². The maximum Gasteiger partial charge on any atom is 0.306 e. The monoisotopic (exact) mass is 345 g/mol. The molecule has 2 fully saturated rings. The molecule has 1 aromatic carbocycles. The smallest absolute Gasteiger partial charge is 0.306 e. The molecule has 2 N–H and O–H groups in total. The van der Waals surface area contributed by atoms with Crippen molar-refractivity contribution in [1.29, 1.82) is 0 Å². The molecule has 0 bridgehead atoms. The van der Waals surface area contributed by atoms with Gasteiger partial charge in [0.05, 0.1) is 18.4 Å². The van der Waals surface area contributed by atoms with Gasteiger partial charge in [-0.3, -0.25) is 9.59 Å². The molecule has 0 unspecified atom stereocenters. The number of ether oxygens (including phenoxy) is 1. The van der Waals surface area contributed by atoms with Gasteiger partial charge < -0.3 is 15.2 Å². The van der Waals surface area contributed by atoms with E-state index in [0.717, 1.165) is 49.8 Å². The number of carbonyl (C=O) groups is 2. The van der Waals surface area contributed by atoms with Gasteiger partial charge >= 0.3 is 5.97 Å². The lowest BCUT2D eigenvalue weighted by Gasteiger charge is -2.33. The molecule has 1 aromatic rings. The Labute approximate surface area is 148 Å². The van der Waals surface area contributed by atoms with Crippen molar-refractivity contribution >= 4 is 11.9 Å². The second kappa shape index (κ2) is 7.46. The molecule has 25 heavy (non-hydrogen) atoms. The first-order chi connectivity index (χ1) is 12.0. The van der Waals surface area contributed by atoms with Crippen LogP contribution in [0.15, 0.2) is 24.3 Å². The molecule has 3 rings (SSSR count). The summed E-state index contributed by atoms with van der Waals surface area (Å²) >= 11 is 0. The standard InChI is InChI=1S/C20H27NO4/c1-25-17-10-6-15(7-11-17)20(12-2-3-13-20)19(24)21-16-8-4-14(5-9-16)18(22)23/h6-7,10-11,14,16H,2-5,8-9,12-13H2,1H3,(H,21,24)(H,22,23). The van der Waals surface area contributed by atoms with Gasteiger partial charge in [0.2, 0.25) is 5.91 Å². The topological polar surface area (TPSA) is 75.6 Å². The summed E-state index contributed by atoms with van der Waals surface area (Å²) in [6.45, 7) is 0. The van der Waals surface area contributed by atoms with Crippen molar-refractivity contribution < 1.29 is 19.4 Å². The maximum atomic E-state index is 13.1. The van der Waals surface area contributed by atoms with Gasteiger partial charge in [-0.1, -0.05) is 25.0 Å². The van der Waals surface area contributed by atoms with Crippen LogP contribution in [0, 0.1) is 5.92 Å². The summed E-state index contributed by atoms with van der Waals surface area (Å²) in [4.78, 5) is 24.2. The van der Waals surface area contributed by atoms with Crippen LogP contribution in [0.1, 0.15) is 56.9 Å². The number of carbonyl (C=O) groups excluding carboxylic acids is 1. The van der Waals surface area contributed by atoms with Crippen LogP contribution < -0.4 is 10.1 Å². The Morgan fingerprint density at radius 3 is 2.20 bits per heavy atom. The van der Waals surface area contributed by atoms with E-state index in [4.69, 9.17) is 9.84 Å². The zero-order valence-corrected chi connectivity index (χ0v) is 14.8.